The van der Waals surface area contributed by atoms with Crippen LogP contribution < -0.4 is 5.32 Å². The summed E-state index contributed by atoms with van der Waals surface area (Å²) in [5.41, 5.74) is 5.15. The van der Waals surface area contributed by atoms with E-state index in [1.54, 1.807) is 12.1 Å². The molecule has 4 aromatic carbocycles. The highest BCUT2D eigenvalue weighted by Crippen LogP contribution is 2.41. The van der Waals surface area contributed by atoms with E-state index in [0.717, 1.165) is 22.3 Å². The summed E-state index contributed by atoms with van der Waals surface area (Å²) in [6, 6.07) is 26.6. The quantitative estimate of drug-likeness (QED) is 0.285. The lowest BCUT2D eigenvalue weighted by Crippen LogP contribution is -2.13. The van der Waals surface area contributed by atoms with Crippen LogP contribution >= 0.6 is 0 Å². The van der Waals surface area contributed by atoms with Crippen molar-refractivity contribution in [1.82, 2.24) is 0 Å². The maximum absolute atomic E-state index is 12.9. The molecule has 0 unspecified atom stereocenters. The molecule has 0 aliphatic carbocycles. The Kier molecular flexibility index (Phi) is 6.31. The number of rotatable bonds is 6. The fraction of sp³-hybridized carbons (Fsp3) is 0.107. The molecule has 0 atom stereocenters. The average Bonchev–Trinajstić information content (AvgIpc) is 2.83. The van der Waals surface area contributed by atoms with Crippen molar-refractivity contribution >= 4 is 11.6 Å². The van der Waals surface area contributed by atoms with Crippen molar-refractivity contribution in [2.45, 2.75) is 19.8 Å². The maximum atomic E-state index is 12.9. The van der Waals surface area contributed by atoms with Crippen LogP contribution in [-0.2, 0) is 12.8 Å². The fourth-order valence-electron chi connectivity index (χ4n) is 3.76. The Morgan fingerprint density at radius 2 is 1.45 bits per heavy atom. The highest BCUT2D eigenvalue weighted by molar-refractivity contribution is 6.07. The van der Waals surface area contributed by atoms with Crippen molar-refractivity contribution in [2.24, 2.45) is 0 Å². The minimum atomic E-state index is -0.694. The van der Waals surface area contributed by atoms with Crippen molar-refractivity contribution in [3.8, 4) is 28.4 Å². The molecule has 4 aromatic rings. The Balaban J connectivity index is 1.53. The summed E-state index contributed by atoms with van der Waals surface area (Å²) in [6.45, 7) is 2.03. The van der Waals surface area contributed by atoms with Gasteiger partial charge in [0.05, 0.1) is 5.56 Å². The molecule has 0 saturated heterocycles. The number of nitrogens with one attached hydrogen (secondary N) is 1. The number of aryl methyl sites for hydroxylation is 3. The van der Waals surface area contributed by atoms with Gasteiger partial charge in [-0.1, -0.05) is 72.3 Å². The third-order valence-electron chi connectivity index (χ3n) is 5.59. The number of phenols is 3. The number of phenolic OH excluding ortho intramolecular Hbond substituents is 3. The van der Waals surface area contributed by atoms with Gasteiger partial charge in [0.2, 0.25) is 5.75 Å². The fourth-order valence-corrected chi connectivity index (χ4v) is 3.76. The highest BCUT2D eigenvalue weighted by atomic mass is 16.3. The third kappa shape index (κ3) is 4.99. The van der Waals surface area contributed by atoms with Gasteiger partial charge < -0.3 is 20.6 Å². The summed E-state index contributed by atoms with van der Waals surface area (Å²) in [5.74, 6) is -2.33. The van der Waals surface area contributed by atoms with Crippen LogP contribution in [-0.4, -0.2) is 21.2 Å². The first-order valence-corrected chi connectivity index (χ1v) is 10.7. The predicted molar refractivity (Wildman–Crippen MR) is 130 cm³/mol. The van der Waals surface area contributed by atoms with Crippen molar-refractivity contribution in [1.29, 1.82) is 0 Å². The molecule has 5 heteroatoms. The van der Waals surface area contributed by atoms with E-state index in [0.29, 0.717) is 24.1 Å². The van der Waals surface area contributed by atoms with Crippen molar-refractivity contribution in [3.63, 3.8) is 0 Å². The van der Waals surface area contributed by atoms with Crippen LogP contribution in [0.2, 0.25) is 0 Å². The number of amides is 1. The molecule has 0 bridgehead atoms. The number of carbonyl (C=O) groups is 1. The molecular formula is C28H25NO4. The zero-order valence-corrected chi connectivity index (χ0v) is 18.2. The topological polar surface area (TPSA) is 89.8 Å². The van der Waals surface area contributed by atoms with Crippen LogP contribution in [0.3, 0.4) is 0 Å². The molecule has 0 heterocycles. The molecule has 0 fully saturated rings. The molecule has 4 rings (SSSR count). The van der Waals surface area contributed by atoms with E-state index in [-0.39, 0.29) is 5.56 Å². The molecule has 33 heavy (non-hydrogen) atoms. The maximum Gasteiger partial charge on any atom is 0.259 e. The van der Waals surface area contributed by atoms with Crippen LogP contribution in [0.1, 0.15) is 27.0 Å². The van der Waals surface area contributed by atoms with Crippen LogP contribution in [0.15, 0.2) is 84.9 Å². The number of carbonyl (C=O) groups excluding carboxylic acids is 1. The van der Waals surface area contributed by atoms with Crippen molar-refractivity contribution in [2.75, 3.05) is 5.32 Å². The van der Waals surface area contributed by atoms with E-state index in [4.69, 9.17) is 0 Å². The number of benzene rings is 4. The predicted octanol–water partition coefficient (Wildman–Crippen LogP) is 5.82. The van der Waals surface area contributed by atoms with Gasteiger partial charge in [-0.15, -0.1) is 0 Å². The van der Waals surface area contributed by atoms with Crippen molar-refractivity contribution < 1.29 is 20.1 Å². The lowest BCUT2D eigenvalue weighted by atomic mass is 9.99. The van der Waals surface area contributed by atoms with Gasteiger partial charge in [-0.2, -0.15) is 0 Å². The first-order chi connectivity index (χ1) is 15.9. The zero-order valence-electron chi connectivity index (χ0n) is 18.2. The zero-order chi connectivity index (χ0) is 23.4. The Morgan fingerprint density at radius 1 is 0.727 bits per heavy atom. The van der Waals surface area contributed by atoms with Crippen molar-refractivity contribution in [3.05, 3.63) is 107 Å². The van der Waals surface area contributed by atoms with Crippen LogP contribution in [0, 0.1) is 6.92 Å². The molecule has 0 aliphatic heterocycles. The summed E-state index contributed by atoms with van der Waals surface area (Å²) < 4.78 is 0. The molecule has 0 aliphatic rings. The van der Waals surface area contributed by atoms with Gasteiger partial charge in [0.15, 0.2) is 11.5 Å². The Morgan fingerprint density at radius 3 is 2.15 bits per heavy atom. The van der Waals surface area contributed by atoms with Gasteiger partial charge in [0.1, 0.15) is 0 Å². The minimum absolute atomic E-state index is 0.101. The Hall–Kier alpha value is -4.25. The molecule has 5 nitrogen and oxygen atoms in total. The summed E-state index contributed by atoms with van der Waals surface area (Å²) in [6.07, 6.45) is 1.01. The molecule has 166 valence electrons. The number of anilines is 1. The van der Waals surface area contributed by atoms with Gasteiger partial charge in [0.25, 0.3) is 5.91 Å². The van der Waals surface area contributed by atoms with E-state index in [1.165, 1.54) is 6.07 Å². The second kappa shape index (κ2) is 9.49. The number of aromatic hydroxyl groups is 3. The molecular weight excluding hydrogens is 414 g/mol. The lowest BCUT2D eigenvalue weighted by molar-refractivity contribution is 0.102. The van der Waals surface area contributed by atoms with Crippen LogP contribution in [0.5, 0.6) is 17.2 Å². The van der Waals surface area contributed by atoms with E-state index in [2.05, 4.69) is 11.4 Å². The van der Waals surface area contributed by atoms with Gasteiger partial charge in [-0.05, 0) is 60.2 Å². The number of hydrogen-bond donors (Lipinski definition) is 4. The third-order valence-corrected chi connectivity index (χ3v) is 5.59. The first kappa shape index (κ1) is 22.0. The summed E-state index contributed by atoms with van der Waals surface area (Å²) in [5, 5.41) is 33.5. The standard InChI is InChI=1S/C28H25NO4/c1-18-6-5-9-21(16-18)20-12-14-23(15-13-20)29-28(33)24-17-22(25(30)27(32)26(24)31)11-10-19-7-3-2-4-8-19/h2-9,12-17,30-32H,10-11H2,1H3,(H,29,33). The van der Waals surface area contributed by atoms with E-state index >= 15 is 0 Å². The molecule has 0 radical (unpaired) electrons. The Labute approximate surface area is 192 Å². The van der Waals surface area contributed by atoms with Crippen LogP contribution in [0.25, 0.3) is 11.1 Å². The molecule has 0 aromatic heterocycles. The first-order valence-electron chi connectivity index (χ1n) is 10.7. The summed E-state index contributed by atoms with van der Waals surface area (Å²) >= 11 is 0. The average molecular weight is 440 g/mol. The van der Waals surface area contributed by atoms with Crippen LogP contribution in [0.4, 0.5) is 5.69 Å². The monoisotopic (exact) mass is 439 g/mol. The summed E-state index contributed by atoms with van der Waals surface area (Å²) in [7, 11) is 0. The van der Waals surface area contributed by atoms with Gasteiger partial charge >= 0.3 is 0 Å². The molecule has 1 amide bonds. The molecule has 0 spiro atoms. The second-order valence-corrected chi connectivity index (χ2v) is 8.02. The minimum Gasteiger partial charge on any atom is -0.504 e. The van der Waals surface area contributed by atoms with Gasteiger partial charge in [0, 0.05) is 5.69 Å². The van der Waals surface area contributed by atoms with E-state index in [1.807, 2.05) is 67.6 Å². The van der Waals surface area contributed by atoms with Gasteiger partial charge in [-0.25, -0.2) is 0 Å². The normalized spacial score (nSPS) is 10.7. The highest BCUT2D eigenvalue weighted by Gasteiger charge is 2.21. The lowest BCUT2D eigenvalue weighted by Gasteiger charge is -2.13. The van der Waals surface area contributed by atoms with E-state index in [9.17, 15) is 20.1 Å². The van der Waals surface area contributed by atoms with E-state index < -0.39 is 23.2 Å². The molecule has 0 saturated carbocycles. The largest absolute Gasteiger partial charge is 0.504 e. The number of hydrogen-bond acceptors (Lipinski definition) is 4. The SMILES string of the molecule is Cc1cccc(-c2ccc(NC(=O)c3cc(CCc4ccccc4)c(O)c(O)c3O)cc2)c1. The summed E-state index contributed by atoms with van der Waals surface area (Å²) in [4.78, 5) is 12.9. The van der Waals surface area contributed by atoms with Gasteiger partial charge in [-0.3, -0.25) is 4.79 Å². The Bertz CT molecular complexity index is 1280. The second-order valence-electron chi connectivity index (χ2n) is 8.02. The molecule has 4 N–H and O–H groups in total. The smallest absolute Gasteiger partial charge is 0.259 e.